The molecule has 1 saturated heterocycles. The number of anilines is 2. The Morgan fingerprint density at radius 3 is 2.58 bits per heavy atom. The van der Waals surface area contributed by atoms with Crippen LogP contribution in [-0.4, -0.2) is 19.0 Å². The molecule has 0 spiro atoms. The molecule has 3 rings (SSSR count). The minimum atomic E-state index is -0.394. The zero-order chi connectivity index (χ0) is 13.8. The Labute approximate surface area is 117 Å². The number of hydrogen-bond acceptors (Lipinski definition) is 4. The maximum Gasteiger partial charge on any atom is 0.260 e. The van der Waals surface area contributed by atoms with Gasteiger partial charge in [0.25, 0.3) is 5.91 Å². The molecular formula is C14H21N3OS. The van der Waals surface area contributed by atoms with Crippen LogP contribution in [0.15, 0.2) is 0 Å². The highest BCUT2D eigenvalue weighted by molar-refractivity contribution is 7.18. The molecule has 1 aliphatic carbocycles. The normalized spacial score (nSPS) is 21.9. The fourth-order valence-electron chi connectivity index (χ4n) is 2.91. The van der Waals surface area contributed by atoms with Crippen LogP contribution in [0.5, 0.6) is 0 Å². The summed E-state index contributed by atoms with van der Waals surface area (Å²) in [6.07, 6.45) is 3.55. The lowest BCUT2D eigenvalue weighted by Gasteiger charge is -2.21. The van der Waals surface area contributed by atoms with Crippen LogP contribution in [0.4, 0.5) is 10.7 Å². The van der Waals surface area contributed by atoms with Gasteiger partial charge in [0.1, 0.15) is 4.88 Å². The molecule has 104 valence electrons. The summed E-state index contributed by atoms with van der Waals surface area (Å²) in [5, 5.41) is 1.19. The average molecular weight is 279 g/mol. The number of nitrogens with two attached hydrogens (primary N) is 2. The van der Waals surface area contributed by atoms with Crippen LogP contribution >= 0.6 is 11.3 Å². The van der Waals surface area contributed by atoms with E-state index in [1.165, 1.54) is 41.2 Å². The molecule has 1 aromatic rings. The molecule has 1 saturated carbocycles. The van der Waals surface area contributed by atoms with Gasteiger partial charge in [-0.3, -0.25) is 4.79 Å². The third kappa shape index (κ3) is 2.20. The highest BCUT2D eigenvalue weighted by atomic mass is 32.1. The van der Waals surface area contributed by atoms with Crippen molar-refractivity contribution in [2.75, 3.05) is 23.7 Å². The van der Waals surface area contributed by atoms with Crippen molar-refractivity contribution in [2.24, 2.45) is 11.1 Å². The van der Waals surface area contributed by atoms with E-state index in [2.05, 4.69) is 18.7 Å². The predicted molar refractivity (Wildman–Crippen MR) is 79.8 cm³/mol. The Hall–Kier alpha value is -1.23. The molecule has 0 unspecified atom stereocenters. The monoisotopic (exact) mass is 279 g/mol. The lowest BCUT2D eigenvalue weighted by molar-refractivity contribution is 0.100. The first kappa shape index (κ1) is 12.8. The number of carbonyl (C=O) groups excluding carboxylic acids is 1. The third-order valence-corrected chi connectivity index (χ3v) is 5.43. The number of nitrogen functional groups attached to an aromatic ring is 1. The quantitative estimate of drug-likeness (QED) is 0.893. The highest BCUT2D eigenvalue weighted by Crippen LogP contribution is 2.53. The van der Waals surface area contributed by atoms with Crippen LogP contribution in [0.1, 0.15) is 54.3 Å². The van der Waals surface area contributed by atoms with E-state index in [0.717, 1.165) is 13.1 Å². The first-order valence-electron chi connectivity index (χ1n) is 6.86. The van der Waals surface area contributed by atoms with Gasteiger partial charge in [-0.2, -0.15) is 0 Å². The van der Waals surface area contributed by atoms with Crippen molar-refractivity contribution < 1.29 is 4.79 Å². The Morgan fingerprint density at radius 1 is 1.42 bits per heavy atom. The highest BCUT2D eigenvalue weighted by Gasteiger charge is 2.37. The Bertz CT molecular complexity index is 531. The van der Waals surface area contributed by atoms with Gasteiger partial charge in [0.15, 0.2) is 0 Å². The molecule has 5 heteroatoms. The topological polar surface area (TPSA) is 72.3 Å². The molecule has 2 heterocycles. The fourth-order valence-corrected chi connectivity index (χ4v) is 4.10. The van der Waals surface area contributed by atoms with Crippen LogP contribution in [0.3, 0.4) is 0 Å². The van der Waals surface area contributed by atoms with E-state index in [4.69, 9.17) is 11.5 Å². The largest absolute Gasteiger partial charge is 0.397 e. The third-order valence-electron chi connectivity index (χ3n) is 4.14. The fraction of sp³-hybridized carbons (Fsp3) is 0.643. The van der Waals surface area contributed by atoms with Gasteiger partial charge in [-0.05, 0) is 30.6 Å². The van der Waals surface area contributed by atoms with E-state index in [9.17, 15) is 4.79 Å². The molecule has 4 nitrogen and oxygen atoms in total. The lowest BCUT2D eigenvalue weighted by Crippen LogP contribution is -2.22. The standard InChI is InChI=1S/C14H21N3OS/c1-14(2)5-6-17(7-14)13-9(8-3-4-8)10(15)11(19-13)12(16)18/h8H,3-7,15H2,1-2H3,(H2,16,18). The molecule has 1 amide bonds. The van der Waals surface area contributed by atoms with Crippen LogP contribution < -0.4 is 16.4 Å². The average Bonchev–Trinajstić information content (AvgIpc) is 2.99. The van der Waals surface area contributed by atoms with E-state index in [-0.39, 0.29) is 0 Å². The van der Waals surface area contributed by atoms with Gasteiger partial charge in [0, 0.05) is 18.7 Å². The van der Waals surface area contributed by atoms with E-state index in [1.54, 1.807) is 0 Å². The van der Waals surface area contributed by atoms with E-state index in [1.807, 2.05) is 0 Å². The molecule has 2 fully saturated rings. The zero-order valence-corrected chi connectivity index (χ0v) is 12.3. The van der Waals surface area contributed by atoms with Crippen molar-refractivity contribution in [3.8, 4) is 0 Å². The zero-order valence-electron chi connectivity index (χ0n) is 11.5. The molecule has 0 atom stereocenters. The second-order valence-electron chi connectivity index (χ2n) is 6.54. The number of nitrogens with zero attached hydrogens (tertiary/aromatic N) is 1. The molecule has 1 aromatic heterocycles. The maximum atomic E-state index is 11.5. The van der Waals surface area contributed by atoms with Crippen molar-refractivity contribution in [1.82, 2.24) is 0 Å². The van der Waals surface area contributed by atoms with E-state index < -0.39 is 5.91 Å². The Kier molecular flexibility index (Phi) is 2.78. The first-order valence-corrected chi connectivity index (χ1v) is 7.67. The minimum absolute atomic E-state index is 0.340. The number of hydrogen-bond donors (Lipinski definition) is 2. The Balaban J connectivity index is 2.01. The van der Waals surface area contributed by atoms with Crippen molar-refractivity contribution in [2.45, 2.75) is 39.0 Å². The summed E-state index contributed by atoms with van der Waals surface area (Å²) in [7, 11) is 0. The van der Waals surface area contributed by atoms with E-state index in [0.29, 0.717) is 21.9 Å². The van der Waals surface area contributed by atoms with Gasteiger partial charge in [0.2, 0.25) is 0 Å². The van der Waals surface area contributed by atoms with Crippen LogP contribution in [0, 0.1) is 5.41 Å². The number of thiophene rings is 1. The van der Waals surface area contributed by atoms with Crippen molar-refractivity contribution in [3.63, 3.8) is 0 Å². The van der Waals surface area contributed by atoms with Gasteiger partial charge < -0.3 is 16.4 Å². The lowest BCUT2D eigenvalue weighted by atomic mass is 9.93. The number of carbonyl (C=O) groups is 1. The summed E-state index contributed by atoms with van der Waals surface area (Å²) in [6.45, 7) is 6.65. The van der Waals surface area contributed by atoms with Gasteiger partial charge >= 0.3 is 0 Å². The first-order chi connectivity index (χ1) is 8.89. The number of rotatable bonds is 3. The van der Waals surface area contributed by atoms with Crippen LogP contribution in [-0.2, 0) is 0 Å². The molecule has 4 N–H and O–H groups in total. The smallest absolute Gasteiger partial charge is 0.260 e. The summed E-state index contributed by atoms with van der Waals surface area (Å²) < 4.78 is 0. The van der Waals surface area contributed by atoms with Gasteiger partial charge in [-0.1, -0.05) is 13.8 Å². The summed E-state index contributed by atoms with van der Waals surface area (Å²) in [5.41, 5.74) is 13.8. The predicted octanol–water partition coefficient (Wildman–Crippen LogP) is 2.54. The molecule has 0 aromatic carbocycles. The minimum Gasteiger partial charge on any atom is -0.397 e. The summed E-state index contributed by atoms with van der Waals surface area (Å²) in [6, 6.07) is 0. The van der Waals surface area contributed by atoms with Crippen molar-refractivity contribution in [1.29, 1.82) is 0 Å². The summed E-state index contributed by atoms with van der Waals surface area (Å²) >= 11 is 1.49. The van der Waals surface area contributed by atoms with Crippen LogP contribution in [0.25, 0.3) is 0 Å². The van der Waals surface area contributed by atoms with Gasteiger partial charge in [-0.15, -0.1) is 11.3 Å². The van der Waals surface area contributed by atoms with E-state index >= 15 is 0 Å². The SMILES string of the molecule is CC1(C)CCN(c2sc(C(N)=O)c(N)c2C2CC2)C1. The summed E-state index contributed by atoms with van der Waals surface area (Å²) in [5.74, 6) is 0.150. The van der Waals surface area contributed by atoms with Crippen molar-refractivity contribution in [3.05, 3.63) is 10.4 Å². The second kappa shape index (κ2) is 4.13. The summed E-state index contributed by atoms with van der Waals surface area (Å²) in [4.78, 5) is 14.4. The van der Waals surface area contributed by atoms with Crippen molar-refractivity contribution >= 4 is 27.9 Å². The molecule has 2 aliphatic rings. The Morgan fingerprint density at radius 2 is 2.11 bits per heavy atom. The number of primary amides is 1. The molecular weight excluding hydrogens is 258 g/mol. The molecule has 1 aliphatic heterocycles. The second-order valence-corrected chi connectivity index (χ2v) is 7.54. The van der Waals surface area contributed by atoms with Gasteiger partial charge in [-0.25, -0.2) is 0 Å². The maximum absolute atomic E-state index is 11.5. The molecule has 0 radical (unpaired) electrons. The van der Waals surface area contributed by atoms with Crippen LogP contribution in [0.2, 0.25) is 0 Å². The van der Waals surface area contributed by atoms with Gasteiger partial charge in [0.05, 0.1) is 10.7 Å². The number of amides is 1. The molecule has 0 bridgehead atoms. The molecule has 19 heavy (non-hydrogen) atoms.